The van der Waals surface area contributed by atoms with Gasteiger partial charge < -0.3 is 19.1 Å². The van der Waals surface area contributed by atoms with E-state index in [1.807, 2.05) is 0 Å². The van der Waals surface area contributed by atoms with E-state index in [9.17, 15) is 9.59 Å². The molecule has 0 unspecified atom stereocenters. The van der Waals surface area contributed by atoms with Crippen LogP contribution in [0.5, 0.6) is 0 Å². The first kappa shape index (κ1) is 23.0. The maximum atomic E-state index is 12.7. The Morgan fingerprint density at radius 2 is 1.97 bits per heavy atom. The van der Waals surface area contributed by atoms with Gasteiger partial charge in [-0.1, -0.05) is 23.2 Å². The maximum absolute atomic E-state index is 12.7. The molecule has 0 radical (unpaired) electrons. The van der Waals surface area contributed by atoms with E-state index in [2.05, 4.69) is 19.8 Å². The highest BCUT2D eigenvalue weighted by Crippen LogP contribution is 2.29. The Labute approximate surface area is 187 Å². The highest BCUT2D eigenvalue weighted by atomic mass is 35.5. The molecule has 0 atom stereocenters. The minimum absolute atomic E-state index is 0.121. The molecule has 0 spiro atoms. The number of hydrogen-bond donors (Lipinski definition) is 1. The van der Waals surface area contributed by atoms with Crippen molar-refractivity contribution in [3.8, 4) is 0 Å². The minimum Gasteiger partial charge on any atom is -0.467 e. The van der Waals surface area contributed by atoms with E-state index in [0.717, 1.165) is 0 Å². The summed E-state index contributed by atoms with van der Waals surface area (Å²) in [6.07, 6.45) is 1.52. The minimum atomic E-state index is -0.445. The Morgan fingerprint density at radius 3 is 2.71 bits per heavy atom. The predicted octanol–water partition coefficient (Wildman–Crippen LogP) is 2.40. The smallest absolute Gasteiger partial charge is 0.331 e. The lowest BCUT2D eigenvalue weighted by molar-refractivity contribution is -0.146. The Balaban J connectivity index is 1.62. The van der Waals surface area contributed by atoms with Gasteiger partial charge in [-0.05, 0) is 18.2 Å². The third-order valence-electron chi connectivity index (χ3n) is 4.36. The number of benzene rings is 1. The molecule has 166 valence electrons. The molecule has 1 N–H and O–H groups in total. The average molecular weight is 470 g/mol. The first-order valence-corrected chi connectivity index (χ1v) is 10.0. The first-order chi connectivity index (χ1) is 14.9. The molecular weight excluding hydrogens is 449 g/mol. The number of halogens is 2. The number of carbonyl (C=O) groups is 1. The standard InChI is InChI=1S/C19H21Cl2N5O5/c1-25(12-3-4-13(20)14(21)9-12)19-23-15-10-22-26(17(15)18(28)24-19)5-6-30-7-8-31-11-16(27)29-2/h3-4,9-10H,5-8,11H2,1-2H3,(H,23,24,28). The number of anilines is 2. The fourth-order valence-corrected chi connectivity index (χ4v) is 3.02. The Bertz CT molecular complexity index is 1120. The van der Waals surface area contributed by atoms with Crippen LogP contribution in [0.1, 0.15) is 0 Å². The second kappa shape index (κ2) is 10.6. The van der Waals surface area contributed by atoms with Crippen LogP contribution in [-0.4, -0.2) is 66.3 Å². The van der Waals surface area contributed by atoms with Gasteiger partial charge in [-0.3, -0.25) is 14.5 Å². The van der Waals surface area contributed by atoms with E-state index < -0.39 is 5.97 Å². The summed E-state index contributed by atoms with van der Waals surface area (Å²) < 4.78 is 16.5. The Hall–Kier alpha value is -2.66. The summed E-state index contributed by atoms with van der Waals surface area (Å²) >= 11 is 12.0. The normalized spacial score (nSPS) is 11.1. The van der Waals surface area contributed by atoms with Crippen molar-refractivity contribution < 1.29 is 19.0 Å². The molecule has 1 aromatic carbocycles. The molecule has 0 aliphatic carbocycles. The monoisotopic (exact) mass is 469 g/mol. The van der Waals surface area contributed by atoms with Crippen molar-refractivity contribution in [1.29, 1.82) is 0 Å². The quantitative estimate of drug-likeness (QED) is 0.355. The fraction of sp³-hybridized carbons (Fsp3) is 0.368. The van der Waals surface area contributed by atoms with Gasteiger partial charge in [-0.25, -0.2) is 9.78 Å². The van der Waals surface area contributed by atoms with Crippen LogP contribution in [0.25, 0.3) is 11.0 Å². The summed E-state index contributed by atoms with van der Waals surface area (Å²) in [6, 6.07) is 5.13. The zero-order valence-electron chi connectivity index (χ0n) is 16.9. The van der Waals surface area contributed by atoms with Crippen molar-refractivity contribution in [3.63, 3.8) is 0 Å². The zero-order chi connectivity index (χ0) is 22.4. The molecule has 0 fully saturated rings. The third-order valence-corrected chi connectivity index (χ3v) is 5.10. The molecule has 12 heteroatoms. The van der Waals surface area contributed by atoms with Crippen LogP contribution >= 0.6 is 23.2 Å². The molecular formula is C19H21Cl2N5O5. The van der Waals surface area contributed by atoms with Crippen molar-refractivity contribution >= 4 is 51.8 Å². The van der Waals surface area contributed by atoms with Crippen LogP contribution in [0.15, 0.2) is 29.2 Å². The van der Waals surface area contributed by atoms with Gasteiger partial charge in [-0.2, -0.15) is 5.10 Å². The average Bonchev–Trinajstić information content (AvgIpc) is 3.17. The van der Waals surface area contributed by atoms with Crippen LogP contribution in [0.3, 0.4) is 0 Å². The maximum Gasteiger partial charge on any atom is 0.331 e. The topological polar surface area (TPSA) is 112 Å². The number of H-pyrrole nitrogens is 1. The van der Waals surface area contributed by atoms with Gasteiger partial charge in [0.15, 0.2) is 5.52 Å². The highest BCUT2D eigenvalue weighted by molar-refractivity contribution is 6.42. The van der Waals surface area contributed by atoms with E-state index in [1.54, 1.807) is 30.1 Å². The number of ether oxygens (including phenoxy) is 3. The van der Waals surface area contributed by atoms with Gasteiger partial charge in [0, 0.05) is 12.7 Å². The molecule has 2 aromatic heterocycles. The molecule has 0 saturated carbocycles. The van der Waals surface area contributed by atoms with Crippen LogP contribution in [0, 0.1) is 0 Å². The van der Waals surface area contributed by atoms with E-state index >= 15 is 0 Å². The number of methoxy groups -OCH3 is 1. The first-order valence-electron chi connectivity index (χ1n) is 9.27. The molecule has 3 rings (SSSR count). The SMILES string of the molecule is COC(=O)COCCOCCn1ncc2nc(N(C)c3ccc(Cl)c(Cl)c3)[nH]c(=O)c21. The predicted molar refractivity (Wildman–Crippen MR) is 116 cm³/mol. The van der Waals surface area contributed by atoms with Crippen LogP contribution in [-0.2, 0) is 25.5 Å². The second-order valence-corrected chi connectivity index (χ2v) is 7.20. The summed E-state index contributed by atoms with van der Waals surface area (Å²) in [6.45, 7) is 1.09. The van der Waals surface area contributed by atoms with Gasteiger partial charge in [0.25, 0.3) is 5.56 Å². The van der Waals surface area contributed by atoms with E-state index in [0.29, 0.717) is 52.5 Å². The van der Waals surface area contributed by atoms with Crippen LogP contribution in [0.2, 0.25) is 10.0 Å². The number of esters is 1. The highest BCUT2D eigenvalue weighted by Gasteiger charge is 2.14. The van der Waals surface area contributed by atoms with Crippen molar-refractivity contribution in [2.24, 2.45) is 0 Å². The number of nitrogens with one attached hydrogen (secondary N) is 1. The van der Waals surface area contributed by atoms with Gasteiger partial charge in [0.2, 0.25) is 5.95 Å². The van der Waals surface area contributed by atoms with E-state index in [-0.39, 0.29) is 18.8 Å². The molecule has 0 aliphatic heterocycles. The number of fused-ring (bicyclic) bond motifs is 1. The summed E-state index contributed by atoms with van der Waals surface area (Å²) in [5, 5.41) is 5.07. The molecule has 10 nitrogen and oxygen atoms in total. The lowest BCUT2D eigenvalue weighted by atomic mass is 10.3. The third kappa shape index (κ3) is 5.73. The number of aromatic nitrogens is 4. The van der Waals surface area contributed by atoms with Crippen molar-refractivity contribution in [3.05, 3.63) is 44.8 Å². The van der Waals surface area contributed by atoms with Crippen molar-refractivity contribution in [2.75, 3.05) is 45.5 Å². The van der Waals surface area contributed by atoms with Crippen LogP contribution < -0.4 is 10.5 Å². The van der Waals surface area contributed by atoms with Gasteiger partial charge in [-0.15, -0.1) is 0 Å². The molecule has 0 amide bonds. The summed E-state index contributed by atoms with van der Waals surface area (Å²) in [5.74, 6) is -0.103. The molecule has 0 saturated heterocycles. The van der Waals surface area contributed by atoms with E-state index in [1.165, 1.54) is 18.0 Å². The number of carbonyl (C=O) groups excluding carboxylic acids is 1. The molecule has 0 aliphatic rings. The molecule has 0 bridgehead atoms. The van der Waals surface area contributed by atoms with Gasteiger partial charge >= 0.3 is 5.97 Å². The fourth-order valence-electron chi connectivity index (χ4n) is 2.72. The zero-order valence-corrected chi connectivity index (χ0v) is 18.4. The molecule has 31 heavy (non-hydrogen) atoms. The molecule has 2 heterocycles. The van der Waals surface area contributed by atoms with E-state index in [4.69, 9.17) is 32.7 Å². The summed E-state index contributed by atoms with van der Waals surface area (Å²) in [7, 11) is 3.05. The Morgan fingerprint density at radius 1 is 1.19 bits per heavy atom. The Kier molecular flexibility index (Phi) is 7.85. The second-order valence-electron chi connectivity index (χ2n) is 6.39. The lowest BCUT2D eigenvalue weighted by Crippen LogP contribution is -2.21. The van der Waals surface area contributed by atoms with Crippen LogP contribution in [0.4, 0.5) is 11.6 Å². The summed E-state index contributed by atoms with van der Waals surface area (Å²) in [5.41, 5.74) is 1.18. The summed E-state index contributed by atoms with van der Waals surface area (Å²) in [4.78, 5) is 32.5. The number of hydrogen-bond acceptors (Lipinski definition) is 8. The van der Waals surface area contributed by atoms with Gasteiger partial charge in [0.05, 0.1) is 49.7 Å². The largest absolute Gasteiger partial charge is 0.467 e. The molecule has 3 aromatic rings. The van der Waals surface area contributed by atoms with Crippen molar-refractivity contribution in [2.45, 2.75) is 6.54 Å². The number of aromatic amines is 1. The number of nitrogens with zero attached hydrogens (tertiary/aromatic N) is 4. The number of rotatable bonds is 10. The lowest BCUT2D eigenvalue weighted by Gasteiger charge is -2.18. The van der Waals surface area contributed by atoms with Crippen molar-refractivity contribution in [1.82, 2.24) is 19.7 Å². The van der Waals surface area contributed by atoms with Gasteiger partial charge in [0.1, 0.15) is 12.1 Å².